The summed E-state index contributed by atoms with van der Waals surface area (Å²) in [5.74, 6) is -0.0386. The second-order valence-electron chi connectivity index (χ2n) is 28.1. The Bertz CT molecular complexity index is 1380. The summed E-state index contributed by atoms with van der Waals surface area (Å²) < 4.78 is 5.52. The van der Waals surface area contributed by atoms with E-state index in [4.69, 9.17) is 4.74 Å². The Morgan fingerprint density at radius 3 is 0.807 bits per heavy atom. The summed E-state index contributed by atoms with van der Waals surface area (Å²) in [4.78, 5) is 24.7. The van der Waals surface area contributed by atoms with Gasteiger partial charge in [-0.15, -0.1) is 0 Å². The highest BCUT2D eigenvalue weighted by Crippen LogP contribution is 2.20. The number of aliphatic hydroxyl groups excluding tert-OH is 2. The molecule has 0 bridgehead atoms. The zero-order valence-electron chi connectivity index (χ0n) is 60.0. The van der Waals surface area contributed by atoms with Crippen LogP contribution in [0.3, 0.4) is 0 Å². The molecule has 1 amide bonds. The van der Waals surface area contributed by atoms with Crippen LogP contribution in [0, 0.1) is 0 Å². The molecular formula is C82H159NO5. The van der Waals surface area contributed by atoms with Gasteiger partial charge in [-0.1, -0.05) is 417 Å². The molecule has 0 fully saturated rings. The zero-order chi connectivity index (χ0) is 63.5. The molecule has 0 aliphatic carbocycles. The first kappa shape index (κ1) is 86.3. The minimum absolute atomic E-state index is 0.0228. The summed E-state index contributed by atoms with van der Waals surface area (Å²) >= 11 is 0. The van der Waals surface area contributed by atoms with Crippen LogP contribution in [-0.2, 0) is 14.3 Å². The predicted molar refractivity (Wildman–Crippen MR) is 389 cm³/mol. The number of unbranched alkanes of at least 4 members (excludes halogenated alkanes) is 64. The zero-order valence-corrected chi connectivity index (χ0v) is 60.0. The van der Waals surface area contributed by atoms with Gasteiger partial charge in [0, 0.05) is 12.8 Å². The summed E-state index contributed by atoms with van der Waals surface area (Å²) in [6, 6.07) is -0.628. The van der Waals surface area contributed by atoms with Crippen LogP contribution in [0.25, 0.3) is 0 Å². The van der Waals surface area contributed by atoms with Crippen molar-refractivity contribution in [2.24, 2.45) is 0 Å². The van der Waals surface area contributed by atoms with Gasteiger partial charge in [0.15, 0.2) is 0 Å². The Labute approximate surface area is 551 Å². The molecule has 88 heavy (non-hydrogen) atoms. The number of hydrogen-bond acceptors (Lipinski definition) is 5. The van der Waals surface area contributed by atoms with Crippen molar-refractivity contribution in [3.05, 3.63) is 24.3 Å². The minimum Gasteiger partial charge on any atom is -0.466 e. The first-order valence-electron chi connectivity index (χ1n) is 40.6. The van der Waals surface area contributed by atoms with Crippen molar-refractivity contribution in [3.63, 3.8) is 0 Å². The number of carbonyl (C=O) groups excluding carboxylic acids is 2. The molecule has 522 valence electrons. The number of nitrogens with one attached hydrogen (secondary N) is 1. The molecule has 6 heteroatoms. The average Bonchev–Trinajstić information content (AvgIpc) is 3.58. The first-order chi connectivity index (χ1) is 43.5. The quantitative estimate of drug-likeness (QED) is 0.0320. The topological polar surface area (TPSA) is 95.9 Å². The van der Waals surface area contributed by atoms with Gasteiger partial charge in [0.1, 0.15) is 0 Å². The second-order valence-corrected chi connectivity index (χ2v) is 28.1. The fourth-order valence-electron chi connectivity index (χ4n) is 13.0. The van der Waals surface area contributed by atoms with E-state index in [0.29, 0.717) is 19.4 Å². The van der Waals surface area contributed by atoms with Crippen molar-refractivity contribution < 1.29 is 24.5 Å². The molecule has 0 saturated carbocycles. The van der Waals surface area contributed by atoms with Crippen LogP contribution in [0.5, 0.6) is 0 Å². The SMILES string of the molecule is CCCCCCCCCCCCCCCCCCCCCC/C=C/C(O)C(CO)NC(=O)CCCCCCCCCCCCCCCC/C=C\CCCCCCCCCCCCCCOC(=O)CCCCCCCCCCCCCCCCCCCCC. The fourth-order valence-corrected chi connectivity index (χ4v) is 13.0. The lowest BCUT2D eigenvalue weighted by Gasteiger charge is -2.20. The highest BCUT2D eigenvalue weighted by atomic mass is 16.5. The van der Waals surface area contributed by atoms with Crippen molar-refractivity contribution in [1.82, 2.24) is 5.32 Å². The van der Waals surface area contributed by atoms with E-state index in [1.54, 1.807) is 6.08 Å². The van der Waals surface area contributed by atoms with Gasteiger partial charge in [-0.3, -0.25) is 9.59 Å². The summed E-state index contributed by atoms with van der Waals surface area (Å²) in [5.41, 5.74) is 0. The molecular weight excluding hydrogens is 1080 g/mol. The number of aliphatic hydroxyl groups is 2. The smallest absolute Gasteiger partial charge is 0.305 e. The summed E-state index contributed by atoms with van der Waals surface area (Å²) in [7, 11) is 0. The molecule has 3 N–H and O–H groups in total. The molecule has 0 aromatic carbocycles. The Morgan fingerprint density at radius 1 is 0.307 bits per heavy atom. The van der Waals surface area contributed by atoms with E-state index in [1.807, 2.05) is 6.08 Å². The largest absolute Gasteiger partial charge is 0.466 e. The average molecular weight is 1240 g/mol. The molecule has 0 saturated heterocycles. The number of carbonyl (C=O) groups is 2. The maximum absolute atomic E-state index is 12.5. The highest BCUT2D eigenvalue weighted by molar-refractivity contribution is 5.76. The lowest BCUT2D eigenvalue weighted by Crippen LogP contribution is -2.45. The monoisotopic (exact) mass is 1240 g/mol. The summed E-state index contributed by atoms with van der Waals surface area (Å²) in [6.07, 6.45) is 100. The summed E-state index contributed by atoms with van der Waals surface area (Å²) in [6.45, 7) is 4.97. The van der Waals surface area contributed by atoms with Gasteiger partial charge in [0.05, 0.1) is 25.4 Å². The molecule has 0 aliphatic rings. The molecule has 2 atom stereocenters. The van der Waals surface area contributed by atoms with Crippen LogP contribution in [-0.4, -0.2) is 47.4 Å². The Balaban J connectivity index is 3.37. The normalized spacial score (nSPS) is 12.5. The number of rotatable bonds is 77. The maximum Gasteiger partial charge on any atom is 0.305 e. The molecule has 0 aromatic heterocycles. The van der Waals surface area contributed by atoms with Crippen molar-refractivity contribution >= 4 is 11.9 Å². The van der Waals surface area contributed by atoms with E-state index in [9.17, 15) is 19.8 Å². The Hall–Kier alpha value is -1.66. The molecule has 2 unspecified atom stereocenters. The van der Waals surface area contributed by atoms with Crippen LogP contribution in [0.15, 0.2) is 24.3 Å². The van der Waals surface area contributed by atoms with E-state index in [2.05, 4.69) is 31.3 Å². The molecule has 0 aliphatic heterocycles. The highest BCUT2D eigenvalue weighted by Gasteiger charge is 2.18. The van der Waals surface area contributed by atoms with Gasteiger partial charge in [-0.2, -0.15) is 0 Å². The maximum atomic E-state index is 12.5. The van der Waals surface area contributed by atoms with E-state index >= 15 is 0 Å². The number of hydrogen-bond donors (Lipinski definition) is 3. The van der Waals surface area contributed by atoms with E-state index < -0.39 is 12.1 Å². The van der Waals surface area contributed by atoms with E-state index in [-0.39, 0.29) is 18.5 Å². The third-order valence-corrected chi connectivity index (χ3v) is 19.2. The standard InChI is InChI=1S/C82H159NO5/c1-3-5-7-9-11-13-15-17-19-21-23-24-35-39-42-46-50-54-58-62-66-70-74-80(85)79(78-84)83-81(86)75-71-67-63-59-55-51-47-43-40-36-33-31-29-27-25-26-28-30-32-34-37-41-45-49-53-57-61-65-69-73-77-88-82(87)76-72-68-64-60-56-52-48-44-38-22-20-18-16-14-12-10-8-6-4-2/h26,28,70,74,79-80,84-85H,3-25,27,29-69,71-73,75-78H2,1-2H3,(H,83,86)/b28-26-,74-70+. The van der Waals surface area contributed by atoms with Crippen LogP contribution in [0.4, 0.5) is 0 Å². The third kappa shape index (κ3) is 73.4. The molecule has 6 nitrogen and oxygen atoms in total. The Morgan fingerprint density at radius 2 is 0.534 bits per heavy atom. The van der Waals surface area contributed by atoms with Gasteiger partial charge in [-0.25, -0.2) is 0 Å². The van der Waals surface area contributed by atoms with E-state index in [1.165, 1.54) is 398 Å². The van der Waals surface area contributed by atoms with Gasteiger partial charge in [-0.05, 0) is 57.8 Å². The number of ether oxygens (including phenoxy) is 1. The van der Waals surface area contributed by atoms with Crippen molar-refractivity contribution in [2.75, 3.05) is 13.2 Å². The van der Waals surface area contributed by atoms with Crippen LogP contribution >= 0.6 is 0 Å². The van der Waals surface area contributed by atoms with Crippen LogP contribution in [0.2, 0.25) is 0 Å². The number of amides is 1. The molecule has 0 spiro atoms. The molecule has 0 aromatic rings. The van der Waals surface area contributed by atoms with Crippen LogP contribution in [0.1, 0.15) is 463 Å². The van der Waals surface area contributed by atoms with Gasteiger partial charge in [0.25, 0.3) is 0 Å². The van der Waals surface area contributed by atoms with Gasteiger partial charge < -0.3 is 20.3 Å². The van der Waals surface area contributed by atoms with Gasteiger partial charge >= 0.3 is 5.97 Å². The van der Waals surface area contributed by atoms with Crippen molar-refractivity contribution in [3.8, 4) is 0 Å². The first-order valence-corrected chi connectivity index (χ1v) is 40.6. The third-order valence-electron chi connectivity index (χ3n) is 19.2. The fraction of sp³-hybridized carbons (Fsp3) is 0.927. The van der Waals surface area contributed by atoms with E-state index in [0.717, 1.165) is 38.5 Å². The summed E-state index contributed by atoms with van der Waals surface area (Å²) in [5, 5.41) is 23.3. The van der Waals surface area contributed by atoms with Gasteiger partial charge in [0.2, 0.25) is 5.91 Å². The lowest BCUT2D eigenvalue weighted by molar-refractivity contribution is -0.143. The van der Waals surface area contributed by atoms with Crippen molar-refractivity contribution in [2.45, 2.75) is 475 Å². The molecule has 0 radical (unpaired) electrons. The van der Waals surface area contributed by atoms with Crippen molar-refractivity contribution in [1.29, 1.82) is 0 Å². The molecule has 0 rings (SSSR count). The van der Waals surface area contributed by atoms with Crippen LogP contribution < -0.4 is 5.32 Å². The lowest BCUT2D eigenvalue weighted by atomic mass is 10.0. The minimum atomic E-state index is -0.845. The Kier molecular flexibility index (Phi) is 76.3. The number of allylic oxidation sites excluding steroid dienone is 3. The second kappa shape index (κ2) is 77.8. The molecule has 0 heterocycles. The number of esters is 1. The predicted octanol–water partition coefficient (Wildman–Crippen LogP) is 26.8.